The fourth-order valence-electron chi connectivity index (χ4n) is 2.84. The van der Waals surface area contributed by atoms with E-state index >= 15 is 0 Å². The average Bonchev–Trinajstić information content (AvgIpc) is 2.72. The van der Waals surface area contributed by atoms with E-state index < -0.39 is 11.8 Å². The zero-order chi connectivity index (χ0) is 21.0. The molecule has 150 valence electrons. The van der Waals surface area contributed by atoms with Gasteiger partial charge in [-0.15, -0.1) is 0 Å². The summed E-state index contributed by atoms with van der Waals surface area (Å²) in [4.78, 5) is 50.5. The van der Waals surface area contributed by atoms with E-state index in [1.807, 2.05) is 0 Å². The van der Waals surface area contributed by atoms with Crippen LogP contribution in [-0.2, 0) is 17.8 Å². The van der Waals surface area contributed by atoms with Crippen molar-refractivity contribution in [1.82, 2.24) is 14.9 Å². The van der Waals surface area contributed by atoms with Crippen molar-refractivity contribution in [3.8, 4) is 0 Å². The quantitative estimate of drug-likeness (QED) is 0.607. The number of nitrogens with zero attached hydrogens (tertiary/aromatic N) is 1. The van der Waals surface area contributed by atoms with E-state index in [0.717, 1.165) is 10.1 Å². The molecule has 0 bridgehead atoms. The van der Waals surface area contributed by atoms with E-state index in [4.69, 9.17) is 0 Å². The Morgan fingerprint density at radius 3 is 2.48 bits per heavy atom. The molecular formula is C20H20N4O5. The Morgan fingerprint density at radius 2 is 1.83 bits per heavy atom. The SMILES string of the molecule is CCn1c(=O)[nH]c2cc(C(=O)NCc3ccc(NC(=O)OC)cc3)ccc2c1=O. The van der Waals surface area contributed by atoms with Gasteiger partial charge in [0.15, 0.2) is 0 Å². The number of rotatable bonds is 5. The fourth-order valence-corrected chi connectivity index (χ4v) is 2.84. The highest BCUT2D eigenvalue weighted by Crippen LogP contribution is 2.12. The molecule has 3 N–H and O–H groups in total. The predicted molar refractivity (Wildman–Crippen MR) is 108 cm³/mol. The third kappa shape index (κ3) is 4.34. The molecule has 1 aromatic heterocycles. The molecule has 0 radical (unpaired) electrons. The smallest absolute Gasteiger partial charge is 0.411 e. The molecule has 0 spiro atoms. The van der Waals surface area contributed by atoms with Crippen molar-refractivity contribution in [2.45, 2.75) is 20.0 Å². The van der Waals surface area contributed by atoms with Crippen LogP contribution in [0, 0.1) is 0 Å². The van der Waals surface area contributed by atoms with E-state index in [9.17, 15) is 19.2 Å². The van der Waals surface area contributed by atoms with Gasteiger partial charge in [0, 0.05) is 24.3 Å². The second-order valence-electron chi connectivity index (χ2n) is 6.24. The van der Waals surface area contributed by atoms with Gasteiger partial charge in [-0.05, 0) is 42.8 Å². The van der Waals surface area contributed by atoms with Gasteiger partial charge in [-0.25, -0.2) is 9.59 Å². The van der Waals surface area contributed by atoms with Crippen molar-refractivity contribution >= 4 is 28.6 Å². The molecule has 9 heteroatoms. The van der Waals surface area contributed by atoms with Gasteiger partial charge < -0.3 is 15.0 Å². The van der Waals surface area contributed by atoms with Gasteiger partial charge in [0.2, 0.25) is 0 Å². The van der Waals surface area contributed by atoms with E-state index in [0.29, 0.717) is 22.2 Å². The molecule has 0 saturated heterocycles. The van der Waals surface area contributed by atoms with Crippen LogP contribution in [0.2, 0.25) is 0 Å². The Balaban J connectivity index is 1.72. The molecule has 0 fully saturated rings. The van der Waals surface area contributed by atoms with Gasteiger partial charge in [-0.2, -0.15) is 0 Å². The molecule has 9 nitrogen and oxygen atoms in total. The summed E-state index contributed by atoms with van der Waals surface area (Å²) in [6.45, 7) is 2.24. The number of H-pyrrole nitrogens is 1. The number of aromatic nitrogens is 2. The number of amides is 2. The summed E-state index contributed by atoms with van der Waals surface area (Å²) in [6.07, 6.45) is -0.564. The molecule has 0 aliphatic heterocycles. The van der Waals surface area contributed by atoms with E-state index in [2.05, 4.69) is 20.4 Å². The third-order valence-corrected chi connectivity index (χ3v) is 4.40. The Kier molecular flexibility index (Phi) is 5.77. The summed E-state index contributed by atoms with van der Waals surface area (Å²) < 4.78 is 5.62. The first-order valence-corrected chi connectivity index (χ1v) is 8.92. The highest BCUT2D eigenvalue weighted by Gasteiger charge is 2.11. The van der Waals surface area contributed by atoms with Gasteiger partial charge in [0.25, 0.3) is 11.5 Å². The number of aromatic amines is 1. The van der Waals surface area contributed by atoms with Crippen molar-refractivity contribution < 1.29 is 14.3 Å². The topological polar surface area (TPSA) is 122 Å². The lowest BCUT2D eigenvalue weighted by atomic mass is 10.1. The molecule has 0 aliphatic carbocycles. The normalized spacial score (nSPS) is 10.6. The molecular weight excluding hydrogens is 376 g/mol. The largest absolute Gasteiger partial charge is 0.453 e. The van der Waals surface area contributed by atoms with Crippen LogP contribution in [0.1, 0.15) is 22.8 Å². The van der Waals surface area contributed by atoms with Crippen LogP contribution in [0.15, 0.2) is 52.1 Å². The number of carbonyl (C=O) groups is 2. The second kappa shape index (κ2) is 8.42. The van der Waals surface area contributed by atoms with Gasteiger partial charge in [0.05, 0.1) is 18.0 Å². The number of hydrogen-bond donors (Lipinski definition) is 3. The maximum Gasteiger partial charge on any atom is 0.411 e. The van der Waals surface area contributed by atoms with Crippen molar-refractivity contribution in [2.75, 3.05) is 12.4 Å². The van der Waals surface area contributed by atoms with Gasteiger partial charge in [-0.3, -0.25) is 19.5 Å². The lowest BCUT2D eigenvalue weighted by Gasteiger charge is -2.08. The molecule has 0 atom stereocenters. The first kappa shape index (κ1) is 19.9. The Hall–Kier alpha value is -3.88. The number of hydrogen-bond acceptors (Lipinski definition) is 5. The highest BCUT2D eigenvalue weighted by molar-refractivity contribution is 5.97. The Labute approximate surface area is 165 Å². The Morgan fingerprint density at radius 1 is 1.10 bits per heavy atom. The second-order valence-corrected chi connectivity index (χ2v) is 6.24. The first-order valence-electron chi connectivity index (χ1n) is 8.92. The van der Waals surface area contributed by atoms with Crippen molar-refractivity contribution in [2.24, 2.45) is 0 Å². The number of benzene rings is 2. The molecule has 2 amide bonds. The molecule has 3 aromatic rings. The number of carbonyl (C=O) groups excluding carboxylic acids is 2. The number of anilines is 1. The molecule has 1 heterocycles. The summed E-state index contributed by atoms with van der Waals surface area (Å²) in [6, 6.07) is 11.5. The van der Waals surface area contributed by atoms with Crippen LogP contribution >= 0.6 is 0 Å². The van der Waals surface area contributed by atoms with Crippen LogP contribution in [-0.4, -0.2) is 28.7 Å². The first-order chi connectivity index (χ1) is 13.9. The van der Waals surface area contributed by atoms with Crippen molar-refractivity contribution in [3.05, 3.63) is 74.4 Å². The summed E-state index contributed by atoms with van der Waals surface area (Å²) >= 11 is 0. The van der Waals surface area contributed by atoms with Gasteiger partial charge in [0.1, 0.15) is 0 Å². The fraction of sp³-hybridized carbons (Fsp3) is 0.200. The number of ether oxygens (including phenoxy) is 1. The zero-order valence-electron chi connectivity index (χ0n) is 15.9. The number of nitrogens with one attached hydrogen (secondary N) is 3. The Bertz CT molecular complexity index is 1180. The number of methoxy groups -OCH3 is 1. The minimum Gasteiger partial charge on any atom is -0.453 e. The van der Waals surface area contributed by atoms with E-state index in [1.54, 1.807) is 37.3 Å². The van der Waals surface area contributed by atoms with Gasteiger partial charge in [-0.1, -0.05) is 12.1 Å². The molecule has 3 rings (SSSR count). The van der Waals surface area contributed by atoms with E-state index in [1.165, 1.54) is 19.2 Å². The minimum absolute atomic E-state index is 0.264. The molecule has 29 heavy (non-hydrogen) atoms. The maximum absolute atomic E-state index is 12.4. The summed E-state index contributed by atoms with van der Waals surface area (Å²) in [5.41, 5.74) is 1.14. The summed E-state index contributed by atoms with van der Waals surface area (Å²) in [5, 5.41) is 5.66. The predicted octanol–water partition coefficient (Wildman–Crippen LogP) is 1.82. The van der Waals surface area contributed by atoms with Crippen molar-refractivity contribution in [3.63, 3.8) is 0 Å². The minimum atomic E-state index is -0.564. The summed E-state index contributed by atoms with van der Waals surface area (Å²) in [5.74, 6) is -0.343. The zero-order valence-corrected chi connectivity index (χ0v) is 15.9. The molecule has 0 unspecified atom stereocenters. The molecule has 0 saturated carbocycles. The van der Waals surface area contributed by atoms with Crippen LogP contribution in [0.4, 0.5) is 10.5 Å². The van der Waals surface area contributed by atoms with Crippen LogP contribution < -0.4 is 21.9 Å². The van der Waals surface area contributed by atoms with Crippen LogP contribution in [0.25, 0.3) is 10.9 Å². The lowest BCUT2D eigenvalue weighted by molar-refractivity contribution is 0.0951. The third-order valence-electron chi connectivity index (χ3n) is 4.40. The average molecular weight is 396 g/mol. The maximum atomic E-state index is 12.4. The lowest BCUT2D eigenvalue weighted by Crippen LogP contribution is -2.34. The standard InChI is InChI=1S/C20H20N4O5/c1-3-24-18(26)15-9-6-13(10-16(15)23-19(24)27)17(25)21-11-12-4-7-14(8-5-12)22-20(28)29-2/h4-10H,3,11H2,1-2H3,(H,21,25)(H,22,28)(H,23,27). The molecule has 0 aliphatic rings. The van der Waals surface area contributed by atoms with Crippen LogP contribution in [0.3, 0.4) is 0 Å². The van der Waals surface area contributed by atoms with Crippen LogP contribution in [0.5, 0.6) is 0 Å². The van der Waals surface area contributed by atoms with E-state index in [-0.39, 0.29) is 24.6 Å². The summed E-state index contributed by atoms with van der Waals surface area (Å²) in [7, 11) is 1.28. The van der Waals surface area contributed by atoms with Crippen molar-refractivity contribution in [1.29, 1.82) is 0 Å². The molecule has 2 aromatic carbocycles. The monoisotopic (exact) mass is 396 g/mol. The van der Waals surface area contributed by atoms with Gasteiger partial charge >= 0.3 is 11.8 Å². The number of fused-ring (bicyclic) bond motifs is 1. The highest BCUT2D eigenvalue weighted by atomic mass is 16.5.